The molecule has 1 saturated carbocycles. The van der Waals surface area contributed by atoms with E-state index < -0.39 is 0 Å². The van der Waals surface area contributed by atoms with E-state index in [1.807, 2.05) is 18.2 Å². The zero-order chi connectivity index (χ0) is 18.3. The SMILES string of the molecule is CC(C)c1ccc(C(NC(=O)C2CC2)c2cccc3c2NC(=O)C3)cc1. The molecule has 0 bridgehead atoms. The minimum atomic E-state index is -0.252. The van der Waals surface area contributed by atoms with Gasteiger partial charge in [0.15, 0.2) is 0 Å². The molecule has 0 spiro atoms. The summed E-state index contributed by atoms with van der Waals surface area (Å²) in [7, 11) is 0. The smallest absolute Gasteiger partial charge is 0.228 e. The highest BCUT2D eigenvalue weighted by atomic mass is 16.2. The first-order chi connectivity index (χ1) is 12.5. The summed E-state index contributed by atoms with van der Waals surface area (Å²) >= 11 is 0. The van der Waals surface area contributed by atoms with Crippen LogP contribution in [-0.2, 0) is 16.0 Å². The molecule has 134 valence electrons. The number of fused-ring (bicyclic) bond motifs is 1. The third-order valence-corrected chi connectivity index (χ3v) is 5.28. The van der Waals surface area contributed by atoms with Crippen LogP contribution < -0.4 is 10.6 Å². The molecule has 4 rings (SSSR count). The first-order valence-corrected chi connectivity index (χ1v) is 9.35. The molecule has 2 aliphatic rings. The predicted octanol–water partition coefficient (Wildman–Crippen LogP) is 3.92. The maximum Gasteiger partial charge on any atom is 0.228 e. The Morgan fingerprint density at radius 2 is 1.77 bits per heavy atom. The first kappa shape index (κ1) is 16.8. The van der Waals surface area contributed by atoms with Gasteiger partial charge in [0.25, 0.3) is 0 Å². The second-order valence-electron chi connectivity index (χ2n) is 7.64. The number of hydrogen-bond donors (Lipinski definition) is 2. The van der Waals surface area contributed by atoms with Gasteiger partial charge in [0.2, 0.25) is 11.8 Å². The Morgan fingerprint density at radius 1 is 1.08 bits per heavy atom. The van der Waals surface area contributed by atoms with Gasteiger partial charge in [0.1, 0.15) is 0 Å². The van der Waals surface area contributed by atoms with Gasteiger partial charge in [-0.05, 0) is 35.4 Å². The summed E-state index contributed by atoms with van der Waals surface area (Å²) in [6.45, 7) is 4.34. The molecule has 4 nitrogen and oxygen atoms in total. The predicted molar refractivity (Wildman–Crippen MR) is 102 cm³/mol. The normalized spacial score (nSPS) is 17.0. The number of carbonyl (C=O) groups is 2. The second-order valence-corrected chi connectivity index (χ2v) is 7.64. The summed E-state index contributed by atoms with van der Waals surface area (Å²) in [6.07, 6.45) is 2.34. The molecular formula is C22H24N2O2. The average Bonchev–Trinajstić information content (AvgIpc) is 3.40. The monoisotopic (exact) mass is 348 g/mol. The van der Waals surface area contributed by atoms with Gasteiger partial charge in [0.05, 0.1) is 18.2 Å². The highest BCUT2D eigenvalue weighted by Gasteiger charge is 2.33. The molecule has 1 aliphatic heterocycles. The van der Waals surface area contributed by atoms with Crippen LogP contribution in [0.15, 0.2) is 42.5 Å². The van der Waals surface area contributed by atoms with Crippen molar-refractivity contribution in [3.63, 3.8) is 0 Å². The van der Waals surface area contributed by atoms with Crippen LogP contribution in [0.4, 0.5) is 5.69 Å². The Labute approximate surface area is 154 Å². The molecule has 1 aliphatic carbocycles. The lowest BCUT2D eigenvalue weighted by Crippen LogP contribution is -2.31. The van der Waals surface area contributed by atoms with Gasteiger partial charge in [-0.25, -0.2) is 0 Å². The van der Waals surface area contributed by atoms with Crippen molar-refractivity contribution in [1.82, 2.24) is 5.32 Å². The van der Waals surface area contributed by atoms with Crippen molar-refractivity contribution in [3.8, 4) is 0 Å². The lowest BCUT2D eigenvalue weighted by molar-refractivity contribution is -0.122. The minimum absolute atomic E-state index is 0.00914. The number of para-hydroxylation sites is 1. The summed E-state index contributed by atoms with van der Waals surface area (Å²) in [5, 5.41) is 6.19. The van der Waals surface area contributed by atoms with Gasteiger partial charge in [-0.1, -0.05) is 56.3 Å². The lowest BCUT2D eigenvalue weighted by Gasteiger charge is -2.23. The molecule has 2 N–H and O–H groups in total. The number of nitrogens with one attached hydrogen (secondary N) is 2. The van der Waals surface area contributed by atoms with E-state index in [1.165, 1.54) is 5.56 Å². The third-order valence-electron chi connectivity index (χ3n) is 5.28. The molecule has 1 heterocycles. The van der Waals surface area contributed by atoms with Crippen molar-refractivity contribution in [3.05, 3.63) is 64.7 Å². The van der Waals surface area contributed by atoms with Crippen molar-refractivity contribution < 1.29 is 9.59 Å². The van der Waals surface area contributed by atoms with Gasteiger partial charge < -0.3 is 10.6 Å². The van der Waals surface area contributed by atoms with Crippen LogP contribution in [0.25, 0.3) is 0 Å². The van der Waals surface area contributed by atoms with Crippen LogP contribution in [0.5, 0.6) is 0 Å². The van der Waals surface area contributed by atoms with Crippen LogP contribution in [0, 0.1) is 5.92 Å². The standard InChI is InChI=1S/C22H24N2O2/c1-13(2)14-6-8-15(9-7-14)20(24-22(26)16-10-11-16)18-5-3-4-17-12-19(25)23-21(17)18/h3-9,13,16,20H,10-12H2,1-2H3,(H,23,25)(H,24,26). The summed E-state index contributed by atoms with van der Waals surface area (Å²) in [6, 6.07) is 14.1. The van der Waals surface area contributed by atoms with E-state index in [0.29, 0.717) is 12.3 Å². The molecule has 4 heteroatoms. The second kappa shape index (κ2) is 6.60. The van der Waals surface area contributed by atoms with Crippen molar-refractivity contribution in [2.75, 3.05) is 5.32 Å². The van der Waals surface area contributed by atoms with E-state index >= 15 is 0 Å². The molecule has 1 unspecified atom stereocenters. The fourth-order valence-corrected chi connectivity index (χ4v) is 3.54. The maximum absolute atomic E-state index is 12.5. The van der Waals surface area contributed by atoms with Crippen LogP contribution in [-0.4, -0.2) is 11.8 Å². The van der Waals surface area contributed by atoms with Gasteiger partial charge in [-0.15, -0.1) is 0 Å². The van der Waals surface area contributed by atoms with E-state index in [1.54, 1.807) is 0 Å². The molecular weight excluding hydrogens is 324 g/mol. The Morgan fingerprint density at radius 3 is 2.42 bits per heavy atom. The lowest BCUT2D eigenvalue weighted by atomic mass is 9.93. The first-order valence-electron chi connectivity index (χ1n) is 9.35. The van der Waals surface area contributed by atoms with Gasteiger partial charge in [-0.2, -0.15) is 0 Å². The number of benzene rings is 2. The molecule has 1 fully saturated rings. The van der Waals surface area contributed by atoms with Gasteiger partial charge >= 0.3 is 0 Å². The minimum Gasteiger partial charge on any atom is -0.345 e. The van der Waals surface area contributed by atoms with Crippen LogP contribution in [0.3, 0.4) is 0 Å². The van der Waals surface area contributed by atoms with Crippen LogP contribution >= 0.6 is 0 Å². The van der Waals surface area contributed by atoms with E-state index in [9.17, 15) is 9.59 Å². The topological polar surface area (TPSA) is 58.2 Å². The average molecular weight is 348 g/mol. The number of carbonyl (C=O) groups excluding carboxylic acids is 2. The molecule has 2 aromatic carbocycles. The Bertz CT molecular complexity index is 851. The molecule has 0 radical (unpaired) electrons. The largest absolute Gasteiger partial charge is 0.345 e. The van der Waals surface area contributed by atoms with Crippen LogP contribution in [0.2, 0.25) is 0 Å². The van der Waals surface area contributed by atoms with Crippen LogP contribution in [0.1, 0.15) is 60.9 Å². The molecule has 1 atom stereocenters. The molecule has 26 heavy (non-hydrogen) atoms. The molecule has 2 aromatic rings. The molecule has 2 amide bonds. The maximum atomic E-state index is 12.5. The fourth-order valence-electron chi connectivity index (χ4n) is 3.54. The fraction of sp³-hybridized carbons (Fsp3) is 0.364. The molecule has 0 saturated heterocycles. The van der Waals surface area contributed by atoms with E-state index in [4.69, 9.17) is 0 Å². The van der Waals surface area contributed by atoms with Crippen molar-refractivity contribution in [1.29, 1.82) is 0 Å². The van der Waals surface area contributed by atoms with Crippen molar-refractivity contribution >= 4 is 17.5 Å². The summed E-state index contributed by atoms with van der Waals surface area (Å²) < 4.78 is 0. The summed E-state index contributed by atoms with van der Waals surface area (Å²) in [4.78, 5) is 24.4. The van der Waals surface area contributed by atoms with Gasteiger partial charge in [0, 0.05) is 11.5 Å². The van der Waals surface area contributed by atoms with E-state index in [2.05, 4.69) is 48.7 Å². The molecule has 0 aromatic heterocycles. The summed E-state index contributed by atoms with van der Waals surface area (Å²) in [5.74, 6) is 0.711. The summed E-state index contributed by atoms with van der Waals surface area (Å²) in [5.41, 5.74) is 5.12. The van der Waals surface area contributed by atoms with E-state index in [-0.39, 0.29) is 23.8 Å². The highest BCUT2D eigenvalue weighted by molar-refractivity contribution is 6.00. The number of anilines is 1. The number of amides is 2. The quantitative estimate of drug-likeness (QED) is 0.860. The zero-order valence-electron chi connectivity index (χ0n) is 15.2. The van der Waals surface area contributed by atoms with Crippen molar-refractivity contribution in [2.24, 2.45) is 5.92 Å². The zero-order valence-corrected chi connectivity index (χ0v) is 15.2. The number of hydrogen-bond acceptors (Lipinski definition) is 2. The van der Waals surface area contributed by atoms with E-state index in [0.717, 1.165) is 35.2 Å². The third kappa shape index (κ3) is 3.24. The Hall–Kier alpha value is -2.62. The van der Waals surface area contributed by atoms with Crippen molar-refractivity contribution in [2.45, 2.75) is 45.1 Å². The number of rotatable bonds is 5. The Balaban J connectivity index is 1.73. The Kier molecular flexibility index (Phi) is 4.27. The van der Waals surface area contributed by atoms with Gasteiger partial charge in [-0.3, -0.25) is 9.59 Å². The highest BCUT2D eigenvalue weighted by Crippen LogP contribution is 2.36.